The van der Waals surface area contributed by atoms with Gasteiger partial charge in [-0.05, 0) is 30.2 Å². The Labute approximate surface area is 277 Å². The highest BCUT2D eigenvalue weighted by molar-refractivity contribution is 5.96. The molecule has 1 aliphatic heterocycles. The summed E-state index contributed by atoms with van der Waals surface area (Å²) in [5, 5.41) is 5.73. The number of fused-ring (bicyclic) bond motifs is 2. The van der Waals surface area contributed by atoms with Gasteiger partial charge in [0.15, 0.2) is 0 Å². The van der Waals surface area contributed by atoms with Crippen molar-refractivity contribution >= 4 is 23.4 Å². The average molecular weight is 630 g/mol. The van der Waals surface area contributed by atoms with Crippen LogP contribution in [-0.2, 0) is 25.7 Å². The molecule has 46 heavy (non-hydrogen) atoms. The minimum atomic E-state index is -0.191. The Morgan fingerprint density at radius 3 is 1.83 bits per heavy atom. The van der Waals surface area contributed by atoms with E-state index in [4.69, 9.17) is 4.74 Å². The lowest BCUT2D eigenvalue weighted by atomic mass is 10.0. The summed E-state index contributed by atoms with van der Waals surface area (Å²) >= 11 is 0. The molecule has 0 unspecified atom stereocenters. The number of para-hydroxylation sites is 1. The van der Waals surface area contributed by atoms with Crippen LogP contribution in [0.2, 0.25) is 0 Å². The van der Waals surface area contributed by atoms with E-state index in [9.17, 15) is 14.4 Å². The zero-order valence-corrected chi connectivity index (χ0v) is 28.0. The molecule has 250 valence electrons. The van der Waals surface area contributed by atoms with Gasteiger partial charge < -0.3 is 20.3 Å². The first kappa shape index (κ1) is 36.8. The quantitative estimate of drug-likeness (QED) is 0.0988. The van der Waals surface area contributed by atoms with Crippen LogP contribution in [0.3, 0.4) is 0 Å². The molecule has 0 radical (unpaired) electrons. The number of amides is 3. The van der Waals surface area contributed by atoms with Gasteiger partial charge in [0.25, 0.3) is 0 Å². The number of carbonyl (C=O) groups excluding carboxylic acids is 3. The van der Waals surface area contributed by atoms with Crippen LogP contribution >= 0.6 is 0 Å². The molecular weight excluding hydrogens is 574 g/mol. The molecule has 2 aromatic rings. The maximum Gasteiger partial charge on any atom is 0.227 e. The van der Waals surface area contributed by atoms with Crippen LogP contribution < -0.4 is 15.5 Å². The van der Waals surface area contributed by atoms with Crippen LogP contribution in [0, 0.1) is 11.8 Å². The van der Waals surface area contributed by atoms with E-state index >= 15 is 0 Å². The van der Waals surface area contributed by atoms with E-state index in [1.807, 2.05) is 48.5 Å². The first-order valence-electron chi connectivity index (χ1n) is 17.7. The van der Waals surface area contributed by atoms with E-state index < -0.39 is 0 Å². The third-order valence-electron chi connectivity index (χ3n) is 8.38. The standard InChI is InChI=1S/C39H55N3O4/c1-2-3-4-5-6-7-8-9-10-11-12-13-14-23-37(43)40-28-30-46-31-29-41-38(44)26-27-39(45)42-32-35-21-16-15-19-33(35)24-25-34-20-17-18-22-36(34)42/h15-22H,2-14,23,26-32H2,1H3,(H,40,43)(H,41,44). The van der Waals surface area contributed by atoms with Crippen molar-refractivity contribution in [3.63, 3.8) is 0 Å². The Morgan fingerprint density at radius 1 is 0.652 bits per heavy atom. The molecule has 0 atom stereocenters. The lowest BCUT2D eigenvalue weighted by molar-refractivity contribution is -0.125. The summed E-state index contributed by atoms with van der Waals surface area (Å²) in [6, 6.07) is 15.5. The number of unbranched alkanes of at least 4 members (excludes halogenated alkanes) is 12. The number of hydrogen-bond donors (Lipinski definition) is 2. The second kappa shape index (κ2) is 22.8. The summed E-state index contributed by atoms with van der Waals surface area (Å²) in [5.41, 5.74) is 3.44. The molecule has 1 heterocycles. The van der Waals surface area contributed by atoms with E-state index in [1.165, 1.54) is 70.6 Å². The SMILES string of the molecule is CCCCCCCCCCCCCCCC(=O)NCCOCCNC(=O)CCC(=O)N1Cc2ccccc2C#Cc2ccccc21. The van der Waals surface area contributed by atoms with Gasteiger partial charge in [0, 0.05) is 43.5 Å². The van der Waals surface area contributed by atoms with E-state index in [-0.39, 0.29) is 30.6 Å². The molecule has 0 saturated heterocycles. The highest BCUT2D eigenvalue weighted by atomic mass is 16.5. The fourth-order valence-electron chi connectivity index (χ4n) is 5.67. The second-order valence-corrected chi connectivity index (χ2v) is 12.2. The predicted molar refractivity (Wildman–Crippen MR) is 186 cm³/mol. The minimum Gasteiger partial charge on any atom is -0.378 e. The van der Waals surface area contributed by atoms with Crippen molar-refractivity contribution in [3.8, 4) is 11.8 Å². The van der Waals surface area contributed by atoms with Gasteiger partial charge in [0.05, 0.1) is 25.4 Å². The zero-order chi connectivity index (χ0) is 32.7. The maximum absolute atomic E-state index is 13.3. The number of nitrogens with zero attached hydrogens (tertiary/aromatic N) is 1. The van der Waals surface area contributed by atoms with Gasteiger partial charge >= 0.3 is 0 Å². The van der Waals surface area contributed by atoms with E-state index in [1.54, 1.807) is 4.90 Å². The Hall–Kier alpha value is -3.63. The van der Waals surface area contributed by atoms with E-state index in [0.29, 0.717) is 39.3 Å². The fraction of sp³-hybridized carbons (Fsp3) is 0.564. The van der Waals surface area contributed by atoms with Crippen LogP contribution in [0.1, 0.15) is 126 Å². The van der Waals surface area contributed by atoms with Crippen molar-refractivity contribution in [2.24, 2.45) is 0 Å². The fourth-order valence-corrected chi connectivity index (χ4v) is 5.67. The molecule has 0 bridgehead atoms. The van der Waals surface area contributed by atoms with Gasteiger partial charge in [-0.2, -0.15) is 0 Å². The summed E-state index contributed by atoms with van der Waals surface area (Å²) in [7, 11) is 0. The molecule has 7 nitrogen and oxygen atoms in total. The third-order valence-corrected chi connectivity index (χ3v) is 8.38. The molecule has 0 aliphatic carbocycles. The average Bonchev–Trinajstić information content (AvgIpc) is 3.06. The lowest BCUT2D eigenvalue weighted by Gasteiger charge is -2.26. The molecule has 7 heteroatoms. The number of anilines is 1. The molecule has 2 N–H and O–H groups in total. The summed E-state index contributed by atoms with van der Waals surface area (Å²) in [6.45, 7) is 4.24. The number of hydrogen-bond acceptors (Lipinski definition) is 4. The van der Waals surface area contributed by atoms with Crippen molar-refractivity contribution in [2.75, 3.05) is 31.2 Å². The van der Waals surface area contributed by atoms with Gasteiger partial charge in [-0.15, -0.1) is 0 Å². The maximum atomic E-state index is 13.3. The van der Waals surface area contributed by atoms with Crippen molar-refractivity contribution < 1.29 is 19.1 Å². The summed E-state index contributed by atoms with van der Waals surface area (Å²) < 4.78 is 5.56. The number of nitrogens with one attached hydrogen (secondary N) is 2. The molecule has 0 saturated carbocycles. The van der Waals surface area contributed by atoms with Gasteiger partial charge in [0.2, 0.25) is 17.7 Å². The van der Waals surface area contributed by atoms with Crippen LogP contribution in [0.5, 0.6) is 0 Å². The normalized spacial score (nSPS) is 11.8. The molecule has 3 amide bonds. The van der Waals surface area contributed by atoms with E-state index in [2.05, 4.69) is 29.4 Å². The summed E-state index contributed by atoms with van der Waals surface area (Å²) in [5.74, 6) is 6.17. The second-order valence-electron chi connectivity index (χ2n) is 12.2. The molecule has 0 fully saturated rings. The molecule has 0 spiro atoms. The van der Waals surface area contributed by atoms with Gasteiger partial charge in [-0.25, -0.2) is 0 Å². The molecule has 1 aliphatic rings. The Bertz CT molecular complexity index is 1270. The first-order valence-corrected chi connectivity index (χ1v) is 17.7. The monoisotopic (exact) mass is 629 g/mol. The van der Waals surface area contributed by atoms with Crippen molar-refractivity contribution in [3.05, 3.63) is 65.2 Å². The Balaban J connectivity index is 1.17. The lowest BCUT2D eigenvalue weighted by Crippen LogP contribution is -2.34. The highest BCUT2D eigenvalue weighted by Gasteiger charge is 2.21. The third kappa shape index (κ3) is 14.6. The number of ether oxygens (including phenoxy) is 1. The van der Waals surface area contributed by atoms with Crippen molar-refractivity contribution in [1.29, 1.82) is 0 Å². The zero-order valence-electron chi connectivity index (χ0n) is 28.0. The van der Waals surface area contributed by atoms with Crippen LogP contribution in [0.15, 0.2) is 48.5 Å². The smallest absolute Gasteiger partial charge is 0.227 e. The number of benzene rings is 2. The molecule has 0 aromatic heterocycles. The van der Waals surface area contributed by atoms with E-state index in [0.717, 1.165) is 35.2 Å². The number of carbonyl (C=O) groups is 3. The van der Waals surface area contributed by atoms with Crippen LogP contribution in [0.25, 0.3) is 0 Å². The van der Waals surface area contributed by atoms with Gasteiger partial charge in [-0.1, -0.05) is 126 Å². The topological polar surface area (TPSA) is 87.7 Å². The number of rotatable bonds is 23. The summed E-state index contributed by atoms with van der Waals surface area (Å²) in [6.07, 6.45) is 17.6. The Morgan fingerprint density at radius 2 is 1.17 bits per heavy atom. The summed E-state index contributed by atoms with van der Waals surface area (Å²) in [4.78, 5) is 39.5. The van der Waals surface area contributed by atoms with Crippen LogP contribution in [0.4, 0.5) is 5.69 Å². The van der Waals surface area contributed by atoms with Gasteiger partial charge in [0.1, 0.15) is 0 Å². The van der Waals surface area contributed by atoms with Gasteiger partial charge in [-0.3, -0.25) is 14.4 Å². The molecule has 2 aromatic carbocycles. The first-order chi connectivity index (χ1) is 22.6. The predicted octanol–water partition coefficient (Wildman–Crippen LogP) is 7.44. The molecular formula is C39H55N3O4. The van der Waals surface area contributed by atoms with Crippen molar-refractivity contribution in [2.45, 2.75) is 116 Å². The highest BCUT2D eigenvalue weighted by Crippen LogP contribution is 2.26. The molecule has 3 rings (SSSR count). The largest absolute Gasteiger partial charge is 0.378 e. The van der Waals surface area contributed by atoms with Crippen molar-refractivity contribution in [1.82, 2.24) is 10.6 Å². The minimum absolute atomic E-state index is 0.0721. The Kier molecular flexibility index (Phi) is 18.3. The van der Waals surface area contributed by atoms with Crippen LogP contribution in [-0.4, -0.2) is 44.0 Å².